The number of benzene rings is 1. The van der Waals surface area contributed by atoms with Crippen LogP contribution < -0.4 is 10.1 Å². The predicted octanol–water partition coefficient (Wildman–Crippen LogP) is 3.04. The first-order chi connectivity index (χ1) is 9.22. The fourth-order valence-corrected chi connectivity index (χ4v) is 3.43. The molecule has 2 unspecified atom stereocenters. The Kier molecular flexibility index (Phi) is 4.10. The smallest absolute Gasteiger partial charge is 0.127 e. The van der Waals surface area contributed by atoms with Gasteiger partial charge in [0.25, 0.3) is 0 Å². The Balaban J connectivity index is 1.58. The number of hydrogen-bond acceptors (Lipinski definition) is 3. The lowest BCUT2D eigenvalue weighted by Crippen LogP contribution is -2.26. The summed E-state index contributed by atoms with van der Waals surface area (Å²) in [6.45, 7) is 4.72. The standard InChI is InChI=1S/C15H20BrNO2/c1-10-2-3-14(19-10)9-17-8-12-7-13(16)6-11-4-5-18-15(11)12/h6-7,10,14,17H,2-5,8-9H2,1H3. The zero-order valence-electron chi connectivity index (χ0n) is 11.2. The van der Waals surface area contributed by atoms with Gasteiger partial charge < -0.3 is 14.8 Å². The topological polar surface area (TPSA) is 30.5 Å². The van der Waals surface area contributed by atoms with Crippen LogP contribution in [-0.2, 0) is 17.7 Å². The van der Waals surface area contributed by atoms with Gasteiger partial charge in [-0.05, 0) is 37.5 Å². The molecule has 0 amide bonds. The van der Waals surface area contributed by atoms with Crippen LogP contribution in [0.2, 0.25) is 0 Å². The van der Waals surface area contributed by atoms with Crippen LogP contribution in [0.3, 0.4) is 0 Å². The second-order valence-corrected chi connectivity index (χ2v) is 6.34. The van der Waals surface area contributed by atoms with Crippen LogP contribution in [-0.4, -0.2) is 25.4 Å². The van der Waals surface area contributed by atoms with Crippen LogP contribution in [0.15, 0.2) is 16.6 Å². The normalized spacial score (nSPS) is 25.4. The van der Waals surface area contributed by atoms with E-state index in [1.165, 1.54) is 24.0 Å². The second kappa shape index (κ2) is 5.81. The monoisotopic (exact) mass is 325 g/mol. The highest BCUT2D eigenvalue weighted by Crippen LogP contribution is 2.32. The van der Waals surface area contributed by atoms with Gasteiger partial charge in [-0.15, -0.1) is 0 Å². The third-order valence-corrected chi connectivity index (χ3v) is 4.29. The Labute approximate surface area is 122 Å². The molecule has 104 valence electrons. The van der Waals surface area contributed by atoms with Gasteiger partial charge in [-0.1, -0.05) is 15.9 Å². The van der Waals surface area contributed by atoms with Crippen molar-refractivity contribution < 1.29 is 9.47 Å². The summed E-state index contributed by atoms with van der Waals surface area (Å²) in [6, 6.07) is 4.31. The van der Waals surface area contributed by atoms with E-state index in [0.29, 0.717) is 12.2 Å². The van der Waals surface area contributed by atoms with Gasteiger partial charge in [-0.25, -0.2) is 0 Å². The van der Waals surface area contributed by atoms with Gasteiger partial charge in [-0.3, -0.25) is 0 Å². The molecule has 1 N–H and O–H groups in total. The fraction of sp³-hybridized carbons (Fsp3) is 0.600. The number of rotatable bonds is 4. The summed E-state index contributed by atoms with van der Waals surface area (Å²) in [5.41, 5.74) is 2.56. The average molecular weight is 326 g/mol. The Morgan fingerprint density at radius 2 is 2.26 bits per heavy atom. The predicted molar refractivity (Wildman–Crippen MR) is 78.6 cm³/mol. The van der Waals surface area contributed by atoms with Crippen LogP contribution in [0.5, 0.6) is 5.75 Å². The van der Waals surface area contributed by atoms with Crippen molar-refractivity contribution in [2.75, 3.05) is 13.2 Å². The summed E-state index contributed by atoms with van der Waals surface area (Å²) in [6.07, 6.45) is 4.16. The number of nitrogens with one attached hydrogen (secondary N) is 1. The Hall–Kier alpha value is -0.580. The molecule has 2 heterocycles. The minimum atomic E-state index is 0.371. The van der Waals surface area contributed by atoms with Gasteiger partial charge in [0.1, 0.15) is 5.75 Å². The molecule has 3 nitrogen and oxygen atoms in total. The van der Waals surface area contributed by atoms with Gasteiger partial charge in [0.2, 0.25) is 0 Å². The molecule has 2 atom stereocenters. The maximum Gasteiger partial charge on any atom is 0.127 e. The van der Waals surface area contributed by atoms with Crippen molar-refractivity contribution in [3.8, 4) is 5.75 Å². The van der Waals surface area contributed by atoms with E-state index in [-0.39, 0.29) is 0 Å². The van der Waals surface area contributed by atoms with E-state index in [4.69, 9.17) is 9.47 Å². The Bertz CT molecular complexity index is 464. The van der Waals surface area contributed by atoms with Crippen LogP contribution in [0.25, 0.3) is 0 Å². The van der Waals surface area contributed by atoms with Crippen LogP contribution in [0, 0.1) is 0 Å². The van der Waals surface area contributed by atoms with E-state index < -0.39 is 0 Å². The third kappa shape index (κ3) is 3.12. The molecule has 1 saturated heterocycles. The van der Waals surface area contributed by atoms with Crippen LogP contribution in [0.1, 0.15) is 30.9 Å². The third-order valence-electron chi connectivity index (χ3n) is 3.83. The van der Waals surface area contributed by atoms with Gasteiger partial charge >= 0.3 is 0 Å². The van der Waals surface area contributed by atoms with Crippen molar-refractivity contribution in [2.24, 2.45) is 0 Å². The van der Waals surface area contributed by atoms with E-state index in [0.717, 1.165) is 36.3 Å². The summed E-state index contributed by atoms with van der Waals surface area (Å²) in [4.78, 5) is 0. The highest BCUT2D eigenvalue weighted by atomic mass is 79.9. The van der Waals surface area contributed by atoms with Crippen molar-refractivity contribution >= 4 is 15.9 Å². The maximum atomic E-state index is 5.81. The first-order valence-electron chi connectivity index (χ1n) is 7.02. The van der Waals surface area contributed by atoms with Crippen molar-refractivity contribution in [1.82, 2.24) is 5.32 Å². The molecule has 0 bridgehead atoms. The largest absolute Gasteiger partial charge is 0.493 e. The fourth-order valence-electron chi connectivity index (χ4n) is 2.88. The lowest BCUT2D eigenvalue weighted by molar-refractivity contribution is 0.0558. The zero-order chi connectivity index (χ0) is 13.2. The summed E-state index contributed by atoms with van der Waals surface area (Å²) in [5, 5.41) is 3.50. The molecule has 0 radical (unpaired) electrons. The SMILES string of the molecule is CC1CCC(CNCc2cc(Br)cc3c2OCC3)O1. The quantitative estimate of drug-likeness (QED) is 0.923. The highest BCUT2D eigenvalue weighted by Gasteiger charge is 2.22. The Morgan fingerprint density at radius 3 is 3.05 bits per heavy atom. The van der Waals surface area contributed by atoms with Crippen molar-refractivity contribution in [3.05, 3.63) is 27.7 Å². The van der Waals surface area contributed by atoms with E-state index in [2.05, 4.69) is 40.3 Å². The molecular weight excluding hydrogens is 306 g/mol. The molecule has 0 aliphatic carbocycles. The Morgan fingerprint density at radius 1 is 1.37 bits per heavy atom. The van der Waals surface area contributed by atoms with Gasteiger partial charge in [0, 0.05) is 29.5 Å². The average Bonchev–Trinajstić information content (AvgIpc) is 2.98. The molecular formula is C15H20BrNO2. The van der Waals surface area contributed by atoms with E-state index in [1.807, 2.05) is 0 Å². The summed E-state index contributed by atoms with van der Waals surface area (Å²) < 4.78 is 12.7. The zero-order valence-corrected chi connectivity index (χ0v) is 12.8. The lowest BCUT2D eigenvalue weighted by Gasteiger charge is -2.14. The molecule has 2 aliphatic rings. The highest BCUT2D eigenvalue weighted by molar-refractivity contribution is 9.10. The molecule has 0 saturated carbocycles. The second-order valence-electron chi connectivity index (χ2n) is 5.43. The van der Waals surface area contributed by atoms with Gasteiger partial charge in [0.15, 0.2) is 0 Å². The van der Waals surface area contributed by atoms with Gasteiger partial charge in [0.05, 0.1) is 18.8 Å². The molecule has 4 heteroatoms. The maximum absolute atomic E-state index is 5.81. The summed E-state index contributed by atoms with van der Waals surface area (Å²) in [7, 11) is 0. The molecule has 2 aliphatic heterocycles. The number of halogens is 1. The van der Waals surface area contributed by atoms with E-state index in [9.17, 15) is 0 Å². The number of fused-ring (bicyclic) bond motifs is 1. The van der Waals surface area contributed by atoms with Crippen molar-refractivity contribution in [3.63, 3.8) is 0 Å². The van der Waals surface area contributed by atoms with E-state index in [1.54, 1.807) is 0 Å². The minimum Gasteiger partial charge on any atom is -0.493 e. The number of hydrogen-bond donors (Lipinski definition) is 1. The van der Waals surface area contributed by atoms with Crippen LogP contribution in [0.4, 0.5) is 0 Å². The van der Waals surface area contributed by atoms with E-state index >= 15 is 0 Å². The van der Waals surface area contributed by atoms with Crippen molar-refractivity contribution in [1.29, 1.82) is 0 Å². The van der Waals surface area contributed by atoms with Gasteiger partial charge in [-0.2, -0.15) is 0 Å². The molecule has 0 aromatic heterocycles. The minimum absolute atomic E-state index is 0.371. The molecule has 1 aromatic rings. The summed E-state index contributed by atoms with van der Waals surface area (Å²) in [5.74, 6) is 1.08. The van der Waals surface area contributed by atoms with Crippen LogP contribution >= 0.6 is 15.9 Å². The molecule has 0 spiro atoms. The lowest BCUT2D eigenvalue weighted by atomic mass is 10.1. The van der Waals surface area contributed by atoms with Crippen molar-refractivity contribution in [2.45, 2.75) is 44.9 Å². The number of ether oxygens (including phenoxy) is 2. The molecule has 19 heavy (non-hydrogen) atoms. The molecule has 1 fully saturated rings. The molecule has 1 aromatic carbocycles. The molecule has 3 rings (SSSR count). The first kappa shape index (κ1) is 13.4. The summed E-state index contributed by atoms with van der Waals surface area (Å²) >= 11 is 3.57. The first-order valence-corrected chi connectivity index (χ1v) is 7.82.